The van der Waals surface area contributed by atoms with Gasteiger partial charge in [0.25, 0.3) is 0 Å². The Bertz CT molecular complexity index is 522. The molecule has 2 nitrogen and oxygen atoms in total. The van der Waals surface area contributed by atoms with Crippen molar-refractivity contribution in [1.82, 2.24) is 0 Å². The first-order valence-electron chi connectivity index (χ1n) is 7.03. The van der Waals surface area contributed by atoms with Gasteiger partial charge in [-0.2, -0.15) is 4.99 Å². The third kappa shape index (κ3) is 4.39. The van der Waals surface area contributed by atoms with Crippen LogP contribution in [-0.4, -0.2) is 12.1 Å². The summed E-state index contributed by atoms with van der Waals surface area (Å²) in [6, 6.07) is 11.4. The molecule has 0 aliphatic heterocycles. The Kier molecular flexibility index (Phi) is 5.41. The maximum absolute atomic E-state index is 4.45. The number of benzene rings is 1. The Labute approximate surface area is 115 Å². The van der Waals surface area contributed by atoms with E-state index in [-0.39, 0.29) is 0 Å². The van der Waals surface area contributed by atoms with E-state index in [2.05, 4.69) is 33.9 Å². The fourth-order valence-electron chi connectivity index (χ4n) is 2.33. The number of hydrogen-bond acceptors (Lipinski definition) is 2. The number of para-hydroxylation sites is 1. The van der Waals surface area contributed by atoms with Gasteiger partial charge in [0.1, 0.15) is 0 Å². The third-order valence-corrected chi connectivity index (χ3v) is 3.43. The summed E-state index contributed by atoms with van der Waals surface area (Å²) < 4.78 is 0. The lowest BCUT2D eigenvalue weighted by atomic mass is 9.96. The summed E-state index contributed by atoms with van der Waals surface area (Å²) in [5.41, 5.74) is 2.08. The number of rotatable bonds is 3. The summed E-state index contributed by atoms with van der Waals surface area (Å²) in [5, 5.41) is 0. The number of aliphatic imine (C=N–C) groups is 2. The van der Waals surface area contributed by atoms with E-state index in [1.807, 2.05) is 25.1 Å². The molecule has 0 bridgehead atoms. The minimum Gasteiger partial charge on any atom is -0.222 e. The Hall–Kier alpha value is -1.84. The largest absolute Gasteiger partial charge is 0.222 e. The molecule has 0 aromatic heterocycles. The second-order valence-corrected chi connectivity index (χ2v) is 4.87. The first-order chi connectivity index (χ1) is 9.40. The molecule has 0 saturated heterocycles. The summed E-state index contributed by atoms with van der Waals surface area (Å²) in [5.74, 6) is 5.99. The fraction of sp³-hybridized carbons (Fsp3) is 0.471. The maximum atomic E-state index is 4.45. The van der Waals surface area contributed by atoms with Crippen molar-refractivity contribution in [3.8, 4) is 11.8 Å². The van der Waals surface area contributed by atoms with Crippen molar-refractivity contribution in [3.05, 3.63) is 29.8 Å². The van der Waals surface area contributed by atoms with Crippen molar-refractivity contribution in [1.29, 1.82) is 0 Å². The van der Waals surface area contributed by atoms with E-state index in [4.69, 9.17) is 0 Å². The molecule has 0 heterocycles. The van der Waals surface area contributed by atoms with Crippen molar-refractivity contribution < 1.29 is 0 Å². The Morgan fingerprint density at radius 3 is 2.74 bits per heavy atom. The molecular formula is C17H20N2. The highest BCUT2D eigenvalue weighted by Gasteiger charge is 2.10. The molecule has 1 aliphatic rings. The highest BCUT2D eigenvalue weighted by molar-refractivity contribution is 5.56. The van der Waals surface area contributed by atoms with Crippen LogP contribution in [0, 0.1) is 11.8 Å². The SMILES string of the molecule is CC#CCc1ccccc1N=C=NC1CCCCC1. The summed E-state index contributed by atoms with van der Waals surface area (Å²) in [6.07, 6.45) is 7.04. The van der Waals surface area contributed by atoms with Gasteiger partial charge >= 0.3 is 0 Å². The summed E-state index contributed by atoms with van der Waals surface area (Å²) in [4.78, 5) is 8.82. The molecule has 1 aromatic carbocycles. The van der Waals surface area contributed by atoms with Gasteiger partial charge in [-0.05, 0) is 31.4 Å². The van der Waals surface area contributed by atoms with E-state index in [1.54, 1.807) is 0 Å². The molecule has 1 aromatic rings. The van der Waals surface area contributed by atoms with Crippen LogP contribution in [0.1, 0.15) is 44.6 Å². The molecule has 0 amide bonds. The third-order valence-electron chi connectivity index (χ3n) is 3.43. The lowest BCUT2D eigenvalue weighted by Gasteiger charge is -2.15. The monoisotopic (exact) mass is 252 g/mol. The first-order valence-corrected chi connectivity index (χ1v) is 7.03. The lowest BCUT2D eigenvalue weighted by Crippen LogP contribution is -2.08. The van der Waals surface area contributed by atoms with Gasteiger partial charge in [-0.1, -0.05) is 43.4 Å². The van der Waals surface area contributed by atoms with Gasteiger partial charge in [-0.3, -0.25) is 0 Å². The molecule has 1 aliphatic carbocycles. The zero-order valence-corrected chi connectivity index (χ0v) is 11.5. The van der Waals surface area contributed by atoms with E-state index in [9.17, 15) is 0 Å². The van der Waals surface area contributed by atoms with Gasteiger partial charge in [0.2, 0.25) is 0 Å². The first kappa shape index (κ1) is 13.6. The predicted molar refractivity (Wildman–Crippen MR) is 80.0 cm³/mol. The Morgan fingerprint density at radius 2 is 1.95 bits per heavy atom. The standard InChI is InChI=1S/C17H20N2/c1-2-3-9-15-10-7-8-13-17(15)19-14-18-16-11-5-4-6-12-16/h7-8,10,13,16H,4-6,9,11-12H2,1H3. The smallest absolute Gasteiger partial charge is 0.0951 e. The van der Waals surface area contributed by atoms with Gasteiger partial charge in [0.05, 0.1) is 17.7 Å². The summed E-state index contributed by atoms with van der Waals surface area (Å²) >= 11 is 0. The quantitative estimate of drug-likeness (QED) is 0.563. The van der Waals surface area contributed by atoms with Gasteiger partial charge in [-0.15, -0.1) is 5.92 Å². The molecule has 1 fully saturated rings. The zero-order chi connectivity index (χ0) is 13.3. The molecule has 19 heavy (non-hydrogen) atoms. The molecule has 98 valence electrons. The molecular weight excluding hydrogens is 232 g/mol. The van der Waals surface area contributed by atoms with Crippen LogP contribution in [-0.2, 0) is 6.42 Å². The van der Waals surface area contributed by atoms with Gasteiger partial charge in [0, 0.05) is 6.42 Å². The molecule has 0 spiro atoms. The minimum absolute atomic E-state index is 0.431. The summed E-state index contributed by atoms with van der Waals surface area (Å²) in [7, 11) is 0. The van der Waals surface area contributed by atoms with Crippen LogP contribution in [0.3, 0.4) is 0 Å². The predicted octanol–water partition coefficient (Wildman–Crippen LogP) is 4.39. The number of hydrogen-bond donors (Lipinski definition) is 0. The molecule has 2 heteroatoms. The molecule has 1 saturated carbocycles. The van der Waals surface area contributed by atoms with Crippen LogP contribution in [0.25, 0.3) is 0 Å². The second kappa shape index (κ2) is 7.56. The van der Waals surface area contributed by atoms with Crippen LogP contribution >= 0.6 is 0 Å². The minimum atomic E-state index is 0.431. The van der Waals surface area contributed by atoms with Crippen LogP contribution in [0.15, 0.2) is 34.3 Å². The topological polar surface area (TPSA) is 24.7 Å². The Morgan fingerprint density at radius 1 is 1.16 bits per heavy atom. The zero-order valence-electron chi connectivity index (χ0n) is 11.5. The van der Waals surface area contributed by atoms with Gasteiger partial charge in [0.15, 0.2) is 0 Å². The molecule has 0 N–H and O–H groups in total. The molecule has 0 atom stereocenters. The Balaban J connectivity index is 2.08. The average Bonchev–Trinajstić information content (AvgIpc) is 2.47. The maximum Gasteiger partial charge on any atom is 0.0951 e. The molecule has 0 unspecified atom stereocenters. The van der Waals surface area contributed by atoms with Crippen molar-refractivity contribution in [2.24, 2.45) is 9.98 Å². The van der Waals surface area contributed by atoms with Gasteiger partial charge < -0.3 is 0 Å². The van der Waals surface area contributed by atoms with E-state index in [1.165, 1.54) is 32.1 Å². The molecule has 2 rings (SSSR count). The van der Waals surface area contributed by atoms with Crippen molar-refractivity contribution in [3.63, 3.8) is 0 Å². The van der Waals surface area contributed by atoms with Crippen LogP contribution in [0.2, 0.25) is 0 Å². The number of nitrogens with zero attached hydrogens (tertiary/aromatic N) is 2. The van der Waals surface area contributed by atoms with Crippen LogP contribution in [0.4, 0.5) is 5.69 Å². The highest BCUT2D eigenvalue weighted by atomic mass is 14.8. The fourth-order valence-corrected chi connectivity index (χ4v) is 2.33. The molecule has 0 radical (unpaired) electrons. The van der Waals surface area contributed by atoms with E-state index in [0.717, 1.165) is 17.7 Å². The van der Waals surface area contributed by atoms with Crippen molar-refractivity contribution in [2.45, 2.75) is 51.5 Å². The van der Waals surface area contributed by atoms with Crippen LogP contribution < -0.4 is 0 Å². The lowest BCUT2D eigenvalue weighted by molar-refractivity contribution is 0.444. The van der Waals surface area contributed by atoms with Crippen molar-refractivity contribution >= 4 is 11.7 Å². The van der Waals surface area contributed by atoms with E-state index < -0.39 is 0 Å². The van der Waals surface area contributed by atoms with Crippen LogP contribution in [0.5, 0.6) is 0 Å². The van der Waals surface area contributed by atoms with E-state index >= 15 is 0 Å². The van der Waals surface area contributed by atoms with E-state index in [0.29, 0.717) is 6.04 Å². The van der Waals surface area contributed by atoms with Crippen molar-refractivity contribution in [2.75, 3.05) is 0 Å². The highest BCUT2D eigenvalue weighted by Crippen LogP contribution is 2.20. The summed E-state index contributed by atoms with van der Waals surface area (Å²) in [6.45, 7) is 1.86. The van der Waals surface area contributed by atoms with Gasteiger partial charge in [-0.25, -0.2) is 4.99 Å². The normalized spacial score (nSPS) is 15.0. The average molecular weight is 252 g/mol. The second-order valence-electron chi connectivity index (χ2n) is 4.87.